The van der Waals surface area contributed by atoms with Crippen molar-refractivity contribution in [3.8, 4) is 0 Å². The fraction of sp³-hybridized carbons (Fsp3) is 0.571. The van der Waals surface area contributed by atoms with Crippen LogP contribution in [0.4, 0.5) is 11.4 Å². The summed E-state index contributed by atoms with van der Waals surface area (Å²) in [4.78, 5) is 12.0. The summed E-state index contributed by atoms with van der Waals surface area (Å²) >= 11 is 0. The number of rotatable bonds is 5. The summed E-state index contributed by atoms with van der Waals surface area (Å²) in [5.41, 5.74) is 0.0815. The number of non-ortho nitro benzene ring substituents is 1. The third kappa shape index (κ3) is 3.60. The molecule has 1 aromatic rings. The summed E-state index contributed by atoms with van der Waals surface area (Å²) < 4.78 is 35.3. The number of nitro groups is 1. The van der Waals surface area contributed by atoms with Gasteiger partial charge in [-0.2, -0.15) is 0 Å². The molecule has 0 saturated carbocycles. The lowest BCUT2D eigenvalue weighted by molar-refractivity contribution is -0.385. The Morgan fingerprint density at radius 2 is 1.96 bits per heavy atom. The Morgan fingerprint density at radius 3 is 2.46 bits per heavy atom. The van der Waals surface area contributed by atoms with Crippen LogP contribution in [0.15, 0.2) is 23.1 Å². The number of primary sulfonamides is 1. The minimum Gasteiger partial charge on any atom is -0.369 e. The molecule has 0 bridgehead atoms. The minimum atomic E-state index is -4.06. The third-order valence-electron chi connectivity index (χ3n) is 4.58. The van der Waals surface area contributed by atoms with E-state index in [-0.39, 0.29) is 10.6 Å². The van der Waals surface area contributed by atoms with Gasteiger partial charge in [0.2, 0.25) is 10.0 Å². The topological polar surface area (TPSA) is 124 Å². The molecule has 24 heavy (non-hydrogen) atoms. The van der Waals surface area contributed by atoms with E-state index < -0.39 is 30.5 Å². The van der Waals surface area contributed by atoms with Crippen molar-refractivity contribution in [2.45, 2.75) is 36.3 Å². The predicted octanol–water partition coefficient (Wildman–Crippen LogP) is 1.37. The molecule has 8 nitrogen and oxygen atoms in total. The van der Waals surface area contributed by atoms with Crippen LogP contribution in [0, 0.1) is 10.1 Å². The standard InChI is InChI=1S/C14H21N3O5S2/c1-3-14(4-2)10-16(5-6-23(14)20)11-7-12(17(18)19)9-13(8-11)24(15,21)22/h7-9H,3-6,10H2,1-2H3,(H2,15,21,22). The van der Waals surface area contributed by atoms with E-state index in [2.05, 4.69) is 0 Å². The molecule has 1 atom stereocenters. The van der Waals surface area contributed by atoms with Crippen molar-refractivity contribution in [2.24, 2.45) is 5.14 Å². The van der Waals surface area contributed by atoms with Crippen molar-refractivity contribution >= 4 is 32.2 Å². The fourth-order valence-electron chi connectivity index (χ4n) is 2.94. The lowest BCUT2D eigenvalue weighted by Crippen LogP contribution is -2.53. The zero-order valence-corrected chi connectivity index (χ0v) is 15.2. The van der Waals surface area contributed by atoms with E-state index in [0.29, 0.717) is 37.4 Å². The van der Waals surface area contributed by atoms with E-state index in [1.165, 1.54) is 12.1 Å². The monoisotopic (exact) mass is 375 g/mol. The maximum Gasteiger partial charge on any atom is 0.272 e. The molecule has 1 aliphatic heterocycles. The highest BCUT2D eigenvalue weighted by Gasteiger charge is 2.39. The van der Waals surface area contributed by atoms with Crippen LogP contribution in [0.5, 0.6) is 0 Å². The van der Waals surface area contributed by atoms with Crippen LogP contribution >= 0.6 is 0 Å². The van der Waals surface area contributed by atoms with E-state index >= 15 is 0 Å². The summed E-state index contributed by atoms with van der Waals surface area (Å²) in [6.45, 7) is 4.83. The number of nitro benzene ring substituents is 1. The molecule has 0 aliphatic carbocycles. The Bertz CT molecular complexity index is 775. The zero-order chi connectivity index (χ0) is 18.1. The van der Waals surface area contributed by atoms with Gasteiger partial charge < -0.3 is 4.90 Å². The van der Waals surface area contributed by atoms with Crippen LogP contribution in [0.1, 0.15) is 26.7 Å². The van der Waals surface area contributed by atoms with Crippen LogP contribution in [0.25, 0.3) is 0 Å². The molecule has 134 valence electrons. The van der Waals surface area contributed by atoms with Gasteiger partial charge in [-0.3, -0.25) is 14.3 Å². The number of nitrogens with two attached hydrogens (primary N) is 1. The first-order valence-electron chi connectivity index (χ1n) is 7.58. The van der Waals surface area contributed by atoms with E-state index in [1.54, 1.807) is 0 Å². The van der Waals surface area contributed by atoms with Crippen LogP contribution < -0.4 is 10.0 Å². The molecular weight excluding hydrogens is 354 g/mol. The van der Waals surface area contributed by atoms with Gasteiger partial charge in [0.1, 0.15) is 0 Å². The molecule has 0 aromatic heterocycles. The summed E-state index contributed by atoms with van der Waals surface area (Å²) in [5.74, 6) is 0.440. The third-order valence-corrected chi connectivity index (χ3v) is 7.70. The second-order valence-corrected chi connectivity index (χ2v) is 9.38. The van der Waals surface area contributed by atoms with Gasteiger partial charge in [-0.25, -0.2) is 13.6 Å². The molecule has 1 aliphatic rings. The minimum absolute atomic E-state index is 0.294. The van der Waals surface area contributed by atoms with E-state index in [4.69, 9.17) is 5.14 Å². The van der Waals surface area contributed by atoms with Crippen molar-refractivity contribution in [3.05, 3.63) is 28.3 Å². The van der Waals surface area contributed by atoms with Gasteiger partial charge in [0.15, 0.2) is 0 Å². The Balaban J connectivity index is 2.50. The molecule has 1 aromatic carbocycles. The zero-order valence-electron chi connectivity index (χ0n) is 13.6. The fourth-order valence-corrected chi connectivity index (χ4v) is 5.28. The molecular formula is C14H21N3O5S2. The summed E-state index contributed by atoms with van der Waals surface area (Å²) in [7, 11) is -5.05. The van der Waals surface area contributed by atoms with Gasteiger partial charge in [-0.15, -0.1) is 0 Å². The highest BCUT2D eigenvalue weighted by atomic mass is 32.2. The molecule has 0 amide bonds. The first kappa shape index (κ1) is 18.8. The van der Waals surface area contributed by atoms with Crippen molar-refractivity contribution in [1.29, 1.82) is 0 Å². The number of hydrogen-bond acceptors (Lipinski definition) is 6. The van der Waals surface area contributed by atoms with E-state index in [0.717, 1.165) is 6.07 Å². The first-order chi connectivity index (χ1) is 11.1. The second kappa shape index (κ2) is 6.77. The Morgan fingerprint density at radius 1 is 1.33 bits per heavy atom. The summed E-state index contributed by atoms with van der Waals surface area (Å²) in [6.07, 6.45) is 1.42. The van der Waals surface area contributed by atoms with Gasteiger partial charge in [0.25, 0.3) is 5.69 Å². The van der Waals surface area contributed by atoms with Gasteiger partial charge in [-0.05, 0) is 18.9 Å². The molecule has 1 fully saturated rings. The van der Waals surface area contributed by atoms with Crippen molar-refractivity contribution in [3.63, 3.8) is 0 Å². The average molecular weight is 375 g/mol. The maximum absolute atomic E-state index is 12.4. The lowest BCUT2D eigenvalue weighted by Gasteiger charge is -2.42. The molecule has 2 N–H and O–H groups in total. The average Bonchev–Trinajstić information content (AvgIpc) is 2.54. The number of nitrogens with zero attached hydrogens (tertiary/aromatic N) is 2. The largest absolute Gasteiger partial charge is 0.369 e. The van der Waals surface area contributed by atoms with Crippen LogP contribution in [0.2, 0.25) is 0 Å². The number of hydrogen-bond donors (Lipinski definition) is 1. The number of benzene rings is 1. The quantitative estimate of drug-likeness (QED) is 0.612. The smallest absolute Gasteiger partial charge is 0.272 e. The molecule has 1 heterocycles. The molecule has 1 saturated heterocycles. The van der Waals surface area contributed by atoms with E-state index in [9.17, 15) is 22.7 Å². The predicted molar refractivity (Wildman–Crippen MR) is 93.0 cm³/mol. The lowest BCUT2D eigenvalue weighted by atomic mass is 10.0. The normalized spacial score (nSPS) is 20.8. The Labute approximate surface area is 143 Å². The van der Waals surface area contributed by atoms with Crippen molar-refractivity contribution in [2.75, 3.05) is 23.7 Å². The second-order valence-electron chi connectivity index (χ2n) is 5.85. The van der Waals surface area contributed by atoms with Crippen molar-refractivity contribution < 1.29 is 17.6 Å². The Hall–Kier alpha value is -1.52. The van der Waals surface area contributed by atoms with E-state index in [1.807, 2.05) is 18.7 Å². The molecule has 0 spiro atoms. The van der Waals surface area contributed by atoms with Gasteiger partial charge in [0.05, 0.1) is 14.6 Å². The van der Waals surface area contributed by atoms with Crippen LogP contribution in [-0.4, -0.2) is 41.1 Å². The summed E-state index contributed by atoms with van der Waals surface area (Å²) in [6, 6.07) is 3.62. The highest BCUT2D eigenvalue weighted by molar-refractivity contribution is 7.89. The maximum atomic E-state index is 12.4. The van der Waals surface area contributed by atoms with Crippen molar-refractivity contribution in [1.82, 2.24) is 0 Å². The number of anilines is 1. The number of sulfonamides is 1. The highest BCUT2D eigenvalue weighted by Crippen LogP contribution is 2.33. The van der Waals surface area contributed by atoms with Crippen LogP contribution in [0.3, 0.4) is 0 Å². The molecule has 10 heteroatoms. The molecule has 0 radical (unpaired) electrons. The molecule has 1 unspecified atom stereocenters. The first-order valence-corrected chi connectivity index (χ1v) is 10.4. The Kier molecular flexibility index (Phi) is 5.31. The van der Waals surface area contributed by atoms with Gasteiger partial charge in [-0.1, -0.05) is 13.8 Å². The van der Waals surface area contributed by atoms with Gasteiger partial charge in [0, 0.05) is 47.5 Å². The summed E-state index contributed by atoms with van der Waals surface area (Å²) in [5, 5.41) is 16.2. The van der Waals surface area contributed by atoms with Gasteiger partial charge >= 0.3 is 0 Å². The van der Waals surface area contributed by atoms with Crippen LogP contribution in [-0.2, 0) is 20.8 Å². The SMILES string of the molecule is CCC1(CC)CN(c2cc([N+](=O)[O-])cc(S(N)(=O)=O)c2)CCS1=O. The molecule has 2 rings (SSSR count).